The van der Waals surface area contributed by atoms with Gasteiger partial charge in [-0.2, -0.15) is 0 Å². The molecule has 5 unspecified atom stereocenters. The quantitative estimate of drug-likeness (QED) is 0.474. The molecule has 0 bridgehead atoms. The van der Waals surface area contributed by atoms with Gasteiger partial charge in [-0.05, 0) is 67.3 Å². The minimum atomic E-state index is -0.228. The maximum absolute atomic E-state index is 11.8. The van der Waals surface area contributed by atoms with E-state index in [2.05, 4.69) is 40.7 Å². The Morgan fingerprint density at radius 2 is 2.04 bits per heavy atom. The average molecular weight is 331 g/mol. The molecule has 0 aromatic heterocycles. The largest absolute Gasteiger partial charge is 0.303 e. The smallest absolute Gasteiger partial charge is 0.146 e. The van der Waals surface area contributed by atoms with E-state index in [-0.39, 0.29) is 16.7 Å². The van der Waals surface area contributed by atoms with E-state index in [1.165, 1.54) is 12.0 Å². The van der Waals surface area contributed by atoms with Gasteiger partial charge in [-0.3, -0.25) is 4.79 Å². The molecule has 0 aliphatic heterocycles. The van der Waals surface area contributed by atoms with Crippen molar-refractivity contribution in [3.63, 3.8) is 0 Å². The van der Waals surface area contributed by atoms with E-state index < -0.39 is 0 Å². The first-order valence-electron chi connectivity index (χ1n) is 9.59. The fourth-order valence-corrected chi connectivity index (χ4v) is 5.36. The maximum atomic E-state index is 11.8. The maximum Gasteiger partial charge on any atom is 0.146 e. The monoisotopic (exact) mass is 330 g/mol. The van der Waals surface area contributed by atoms with Gasteiger partial charge in [0.15, 0.2) is 0 Å². The molecule has 0 aromatic carbocycles. The van der Waals surface area contributed by atoms with Gasteiger partial charge in [-0.15, -0.1) is 0 Å². The number of rotatable bonds is 6. The van der Waals surface area contributed by atoms with Crippen molar-refractivity contribution in [3.8, 4) is 0 Å². The van der Waals surface area contributed by atoms with Gasteiger partial charge in [0, 0.05) is 5.92 Å². The van der Waals surface area contributed by atoms with Gasteiger partial charge in [-0.1, -0.05) is 51.8 Å². The number of hydrogen-bond donors (Lipinski definition) is 0. The van der Waals surface area contributed by atoms with Crippen LogP contribution >= 0.6 is 0 Å². The molecule has 2 aliphatic carbocycles. The molecule has 2 heteroatoms. The lowest BCUT2D eigenvalue weighted by atomic mass is 9.46. The number of fused-ring (bicyclic) bond motifs is 1. The number of hydrogen-bond acceptors (Lipinski definition) is 2. The van der Waals surface area contributed by atoms with Crippen molar-refractivity contribution in [3.05, 3.63) is 23.3 Å². The first-order valence-corrected chi connectivity index (χ1v) is 9.59. The van der Waals surface area contributed by atoms with E-state index >= 15 is 0 Å². The summed E-state index contributed by atoms with van der Waals surface area (Å²) in [5.74, 6) is 0.832. The molecule has 0 heterocycles. The first-order chi connectivity index (χ1) is 11.3. The highest BCUT2D eigenvalue weighted by Crippen LogP contribution is 2.61. The van der Waals surface area contributed by atoms with E-state index in [4.69, 9.17) is 0 Å². The third-order valence-electron chi connectivity index (χ3n) is 7.46. The number of carbonyl (C=O) groups is 2. The standard InChI is InChI=1S/C22H34O2/c1-6-16(2)8-9-17(3)21(4)12-7-13-22(5)19(15-24)18(14-23)10-11-20(21)22/h8,10,14-15,17,19-20H,6-7,9,11-13H2,1-5H3. The van der Waals surface area contributed by atoms with E-state index in [1.54, 1.807) is 0 Å². The third-order valence-corrected chi connectivity index (χ3v) is 7.46. The molecule has 0 N–H and O–H groups in total. The lowest BCUT2D eigenvalue weighted by molar-refractivity contribution is -0.125. The highest BCUT2D eigenvalue weighted by atomic mass is 16.1. The zero-order chi connectivity index (χ0) is 18.0. The zero-order valence-electron chi connectivity index (χ0n) is 16.1. The van der Waals surface area contributed by atoms with Crippen molar-refractivity contribution < 1.29 is 9.59 Å². The van der Waals surface area contributed by atoms with Gasteiger partial charge in [0.1, 0.15) is 12.6 Å². The van der Waals surface area contributed by atoms with Crippen LogP contribution in [0.4, 0.5) is 0 Å². The second-order valence-corrected chi connectivity index (χ2v) is 8.63. The van der Waals surface area contributed by atoms with Crippen LogP contribution in [0.1, 0.15) is 73.1 Å². The van der Waals surface area contributed by atoms with Gasteiger partial charge in [0.25, 0.3) is 0 Å². The number of carbonyl (C=O) groups excluding carboxylic acids is 2. The Bertz CT molecular complexity index is 544. The van der Waals surface area contributed by atoms with Gasteiger partial charge in [-0.25, -0.2) is 0 Å². The van der Waals surface area contributed by atoms with E-state index in [0.717, 1.165) is 44.7 Å². The Labute approximate surface area is 147 Å². The Hall–Kier alpha value is -1.18. The molecular formula is C22H34O2. The summed E-state index contributed by atoms with van der Waals surface area (Å²) in [6.07, 6.45) is 13.0. The molecule has 0 saturated heterocycles. The number of allylic oxidation sites excluding steroid dienone is 4. The van der Waals surface area contributed by atoms with Gasteiger partial charge >= 0.3 is 0 Å². The molecule has 2 nitrogen and oxygen atoms in total. The van der Waals surface area contributed by atoms with Crippen molar-refractivity contribution in [2.75, 3.05) is 0 Å². The summed E-state index contributed by atoms with van der Waals surface area (Å²) in [5, 5.41) is 0. The van der Waals surface area contributed by atoms with Crippen molar-refractivity contribution >= 4 is 12.6 Å². The summed E-state index contributed by atoms with van der Waals surface area (Å²) in [6, 6.07) is 0. The highest BCUT2D eigenvalue weighted by molar-refractivity contribution is 5.82. The van der Waals surface area contributed by atoms with Crippen LogP contribution in [0.2, 0.25) is 0 Å². The molecule has 1 fully saturated rings. The Morgan fingerprint density at radius 3 is 2.62 bits per heavy atom. The molecular weight excluding hydrogens is 296 g/mol. The minimum Gasteiger partial charge on any atom is -0.303 e. The lowest BCUT2D eigenvalue weighted by Gasteiger charge is -2.58. The molecule has 0 amide bonds. The molecule has 134 valence electrons. The fraction of sp³-hybridized carbons (Fsp3) is 0.727. The third kappa shape index (κ3) is 3.17. The average Bonchev–Trinajstić information content (AvgIpc) is 2.57. The van der Waals surface area contributed by atoms with E-state index in [9.17, 15) is 9.59 Å². The predicted octanol–water partition coefficient (Wildman–Crippen LogP) is 5.53. The van der Waals surface area contributed by atoms with Crippen molar-refractivity contribution in [2.24, 2.45) is 28.6 Å². The fourth-order valence-electron chi connectivity index (χ4n) is 5.36. The van der Waals surface area contributed by atoms with Gasteiger partial charge in [0.2, 0.25) is 0 Å². The molecule has 2 aliphatic rings. The summed E-state index contributed by atoms with van der Waals surface area (Å²) in [4.78, 5) is 23.2. The van der Waals surface area contributed by atoms with Crippen molar-refractivity contribution in [2.45, 2.75) is 73.1 Å². The van der Waals surface area contributed by atoms with E-state index in [1.807, 2.05) is 6.08 Å². The summed E-state index contributed by atoms with van der Waals surface area (Å²) in [7, 11) is 0. The van der Waals surface area contributed by atoms with Crippen LogP contribution in [-0.2, 0) is 9.59 Å². The van der Waals surface area contributed by atoms with Gasteiger partial charge in [0.05, 0.1) is 0 Å². The molecule has 1 saturated carbocycles. The van der Waals surface area contributed by atoms with Crippen LogP contribution in [0, 0.1) is 28.6 Å². The van der Waals surface area contributed by atoms with Crippen LogP contribution < -0.4 is 0 Å². The van der Waals surface area contributed by atoms with Crippen LogP contribution in [0.15, 0.2) is 23.3 Å². The molecule has 0 spiro atoms. The highest BCUT2D eigenvalue weighted by Gasteiger charge is 2.55. The molecule has 5 atom stereocenters. The Balaban J connectivity index is 2.34. The molecule has 0 radical (unpaired) electrons. The molecule has 0 aromatic rings. The van der Waals surface area contributed by atoms with Crippen molar-refractivity contribution in [1.82, 2.24) is 0 Å². The SMILES string of the molecule is CCC(C)=CCC(C)C1(C)CCCC2(C)C(C=O)C(C=O)=CCC12. The Morgan fingerprint density at radius 1 is 1.33 bits per heavy atom. The van der Waals surface area contributed by atoms with Gasteiger partial charge < -0.3 is 4.79 Å². The van der Waals surface area contributed by atoms with Crippen LogP contribution in [0.5, 0.6) is 0 Å². The van der Waals surface area contributed by atoms with Crippen LogP contribution in [0.3, 0.4) is 0 Å². The van der Waals surface area contributed by atoms with Crippen LogP contribution in [0.25, 0.3) is 0 Å². The normalized spacial score (nSPS) is 38.0. The second kappa shape index (κ2) is 7.37. The topological polar surface area (TPSA) is 34.1 Å². The summed E-state index contributed by atoms with van der Waals surface area (Å²) >= 11 is 0. The summed E-state index contributed by atoms with van der Waals surface area (Å²) in [5.41, 5.74) is 2.32. The summed E-state index contributed by atoms with van der Waals surface area (Å²) < 4.78 is 0. The van der Waals surface area contributed by atoms with E-state index in [0.29, 0.717) is 17.4 Å². The number of aldehydes is 2. The van der Waals surface area contributed by atoms with Crippen molar-refractivity contribution in [1.29, 1.82) is 0 Å². The lowest BCUT2D eigenvalue weighted by Crippen LogP contribution is -2.52. The molecule has 24 heavy (non-hydrogen) atoms. The second-order valence-electron chi connectivity index (χ2n) is 8.63. The Kier molecular flexibility index (Phi) is 5.88. The minimum absolute atomic E-state index is 0.0719. The van der Waals surface area contributed by atoms with Crippen LogP contribution in [-0.4, -0.2) is 12.6 Å². The zero-order valence-corrected chi connectivity index (χ0v) is 16.1. The first kappa shape index (κ1) is 19.1. The summed E-state index contributed by atoms with van der Waals surface area (Å²) in [6.45, 7) is 11.5. The predicted molar refractivity (Wildman–Crippen MR) is 99.7 cm³/mol. The molecule has 2 rings (SSSR count).